The highest BCUT2D eigenvalue weighted by Gasteiger charge is 2.37. The Kier molecular flexibility index (Phi) is 24.0. The SMILES string of the molecule is C/C=C/C1CCC(C2CCC(C3CCC(/C=C/C)CC3)CC2)CC1.C=CC1CCC(C2CCC(C3CCC(/C=C/C)CC3)CC2)CC1.C=CC1CCC(C2CCC(C3CCC(C=C)CC3)CC2)CC1. The fraction of sp³-hybridized carbons (Fsp3) is 0.826. The van der Waals surface area contributed by atoms with Crippen molar-refractivity contribution in [3.8, 4) is 0 Å². The first-order chi connectivity index (χ1) is 33.9. The predicted octanol–water partition coefficient (Wildman–Crippen LogP) is 21.5. The third kappa shape index (κ3) is 17.0. The maximum Gasteiger partial charge on any atom is -0.0233 e. The predicted molar refractivity (Wildman–Crippen MR) is 304 cm³/mol. The number of allylic oxidation sites excluding steroid dienone is 9. The van der Waals surface area contributed by atoms with Crippen molar-refractivity contribution in [2.75, 3.05) is 0 Å². The van der Waals surface area contributed by atoms with Crippen LogP contribution in [0.5, 0.6) is 0 Å². The van der Waals surface area contributed by atoms with Crippen molar-refractivity contribution < 1.29 is 0 Å². The van der Waals surface area contributed by atoms with Gasteiger partial charge in [0.2, 0.25) is 0 Å². The van der Waals surface area contributed by atoms with E-state index >= 15 is 0 Å². The normalized spacial score (nSPS) is 42.7. The summed E-state index contributed by atoms with van der Waals surface area (Å²) in [5, 5.41) is 0. The van der Waals surface area contributed by atoms with Crippen LogP contribution in [0.4, 0.5) is 0 Å². The van der Waals surface area contributed by atoms with Gasteiger partial charge in [0.25, 0.3) is 0 Å². The quantitative estimate of drug-likeness (QED) is 0.171. The zero-order valence-electron chi connectivity index (χ0n) is 46.2. The first kappa shape index (κ1) is 55.2. The molecule has 0 spiro atoms. The summed E-state index contributed by atoms with van der Waals surface area (Å²) in [5.41, 5.74) is 0. The van der Waals surface area contributed by atoms with Gasteiger partial charge in [0.15, 0.2) is 0 Å². The van der Waals surface area contributed by atoms with Gasteiger partial charge in [-0.1, -0.05) is 54.7 Å². The molecular formula is C69H114. The lowest BCUT2D eigenvalue weighted by molar-refractivity contribution is 0.112. The molecule has 69 heavy (non-hydrogen) atoms. The Morgan fingerprint density at radius 3 is 0.420 bits per heavy atom. The Hall–Kier alpha value is -1.56. The Labute approximate surface area is 430 Å². The molecule has 0 aromatic rings. The highest BCUT2D eigenvalue weighted by atomic mass is 14.4. The lowest BCUT2D eigenvalue weighted by atomic mass is 9.65. The van der Waals surface area contributed by atoms with E-state index in [0.29, 0.717) is 0 Å². The Morgan fingerprint density at radius 2 is 0.304 bits per heavy atom. The van der Waals surface area contributed by atoms with Gasteiger partial charge in [0.05, 0.1) is 0 Å². The molecule has 0 heteroatoms. The number of rotatable bonds is 12. The molecule has 9 fully saturated rings. The Bertz CT molecular complexity index is 1390. The molecule has 9 aliphatic rings. The molecule has 9 rings (SSSR count). The van der Waals surface area contributed by atoms with E-state index in [0.717, 1.165) is 107 Å². The van der Waals surface area contributed by atoms with Crippen molar-refractivity contribution in [1.29, 1.82) is 0 Å². The van der Waals surface area contributed by atoms with Gasteiger partial charge in [-0.05, 0) is 358 Å². The first-order valence-electron chi connectivity index (χ1n) is 31.7. The van der Waals surface area contributed by atoms with Gasteiger partial charge in [-0.2, -0.15) is 0 Å². The van der Waals surface area contributed by atoms with Crippen molar-refractivity contribution in [3.05, 3.63) is 74.4 Å². The molecule has 0 N–H and O–H groups in total. The fourth-order valence-corrected chi connectivity index (χ4v) is 18.1. The van der Waals surface area contributed by atoms with E-state index in [2.05, 4.69) is 95.2 Å². The molecule has 0 aromatic carbocycles. The minimum absolute atomic E-state index is 0.827. The van der Waals surface area contributed by atoms with Crippen molar-refractivity contribution in [2.45, 2.75) is 252 Å². The van der Waals surface area contributed by atoms with Gasteiger partial charge in [0, 0.05) is 0 Å². The molecule has 0 amide bonds. The molecule has 0 atom stereocenters. The van der Waals surface area contributed by atoms with Gasteiger partial charge in [-0.25, -0.2) is 0 Å². The van der Waals surface area contributed by atoms with Crippen LogP contribution < -0.4 is 0 Å². The maximum absolute atomic E-state index is 4.00. The van der Waals surface area contributed by atoms with Crippen LogP contribution in [0.3, 0.4) is 0 Å². The Balaban J connectivity index is 0.000000153. The molecule has 9 saturated carbocycles. The minimum atomic E-state index is 0.827. The summed E-state index contributed by atoms with van der Waals surface area (Å²) in [7, 11) is 0. The molecular weight excluding hydrogens is 829 g/mol. The first-order valence-corrected chi connectivity index (χ1v) is 31.7. The summed E-state index contributed by atoms with van der Waals surface area (Å²) in [6, 6.07) is 0. The monoisotopic (exact) mass is 943 g/mol. The van der Waals surface area contributed by atoms with Gasteiger partial charge < -0.3 is 0 Å². The minimum Gasteiger partial charge on any atom is -0.103 e. The average molecular weight is 944 g/mol. The molecule has 0 aliphatic heterocycles. The third-order valence-corrected chi connectivity index (χ3v) is 22.7. The van der Waals surface area contributed by atoms with E-state index in [-0.39, 0.29) is 0 Å². The zero-order chi connectivity index (χ0) is 48.2. The van der Waals surface area contributed by atoms with Crippen LogP contribution >= 0.6 is 0 Å². The zero-order valence-corrected chi connectivity index (χ0v) is 46.2. The van der Waals surface area contributed by atoms with Crippen molar-refractivity contribution >= 4 is 0 Å². The summed E-state index contributed by atoms with van der Waals surface area (Å²) in [6.07, 6.45) is 74.6. The van der Waals surface area contributed by atoms with Crippen LogP contribution in [0.2, 0.25) is 0 Å². The highest BCUT2D eigenvalue weighted by Crippen LogP contribution is 2.49. The van der Waals surface area contributed by atoms with Crippen molar-refractivity contribution in [2.24, 2.45) is 107 Å². The van der Waals surface area contributed by atoms with Crippen LogP contribution in [0.15, 0.2) is 74.4 Å². The molecule has 0 heterocycles. The van der Waals surface area contributed by atoms with Crippen LogP contribution in [0.25, 0.3) is 0 Å². The molecule has 390 valence electrons. The fourth-order valence-electron chi connectivity index (χ4n) is 18.1. The van der Waals surface area contributed by atoms with Crippen molar-refractivity contribution in [1.82, 2.24) is 0 Å². The topological polar surface area (TPSA) is 0 Å². The Morgan fingerprint density at radius 1 is 0.188 bits per heavy atom. The van der Waals surface area contributed by atoms with E-state index in [1.54, 1.807) is 51.4 Å². The van der Waals surface area contributed by atoms with Gasteiger partial charge >= 0.3 is 0 Å². The van der Waals surface area contributed by atoms with E-state index < -0.39 is 0 Å². The lowest BCUT2D eigenvalue weighted by Gasteiger charge is -2.41. The smallest absolute Gasteiger partial charge is 0.0233 e. The van der Waals surface area contributed by atoms with Gasteiger partial charge in [0.1, 0.15) is 0 Å². The van der Waals surface area contributed by atoms with Gasteiger partial charge in [-0.15, -0.1) is 19.7 Å². The van der Waals surface area contributed by atoms with E-state index in [9.17, 15) is 0 Å². The third-order valence-electron chi connectivity index (χ3n) is 22.7. The highest BCUT2D eigenvalue weighted by molar-refractivity contribution is 4.96. The standard InChI is InChI=1S/C24H40.C23H38.C22H36/c1-3-5-19-7-11-21(12-8-19)23-15-17-24(18-16-23)22-13-9-20(6-4-2)10-14-22;1-3-5-19-8-12-21(13-9-19)23-16-14-22(15-17-23)20-10-6-18(4-2)7-11-20;1-3-17-5-9-19(10-6-17)21-13-15-22(16-14-21)20-11-7-18(4-2)8-12-20/h3-6,19-24H,7-18H2,1-2H3;3-5,18-23H,2,6-17H2,1H3;3-4,17-22H,1-2,5-16H2/b5-3+,6-4+;5-3+;. The summed E-state index contributed by atoms with van der Waals surface area (Å²) >= 11 is 0. The average Bonchev–Trinajstić information content (AvgIpc) is 3.42. The number of hydrogen-bond acceptors (Lipinski definition) is 0. The van der Waals surface area contributed by atoms with E-state index in [1.807, 2.05) is 0 Å². The summed E-state index contributed by atoms with van der Waals surface area (Å²) in [6.45, 7) is 18.5. The second-order valence-electron chi connectivity index (χ2n) is 26.4. The van der Waals surface area contributed by atoms with Crippen molar-refractivity contribution in [3.63, 3.8) is 0 Å². The molecule has 0 saturated heterocycles. The van der Waals surface area contributed by atoms with E-state index in [1.165, 1.54) is 180 Å². The van der Waals surface area contributed by atoms with Gasteiger partial charge in [-0.3, -0.25) is 0 Å². The number of hydrogen-bond donors (Lipinski definition) is 0. The second kappa shape index (κ2) is 30.0. The summed E-state index contributed by atoms with van der Waals surface area (Å²) in [5.74, 6) is 17.9. The summed E-state index contributed by atoms with van der Waals surface area (Å²) < 4.78 is 0. The molecule has 0 radical (unpaired) electrons. The molecule has 0 bridgehead atoms. The largest absolute Gasteiger partial charge is 0.103 e. The van der Waals surface area contributed by atoms with Crippen LogP contribution in [-0.2, 0) is 0 Å². The molecule has 0 nitrogen and oxygen atoms in total. The molecule has 9 aliphatic carbocycles. The summed E-state index contributed by atoms with van der Waals surface area (Å²) in [4.78, 5) is 0. The molecule has 0 unspecified atom stereocenters. The molecule has 0 aromatic heterocycles. The maximum atomic E-state index is 4.00. The van der Waals surface area contributed by atoms with Crippen LogP contribution in [-0.4, -0.2) is 0 Å². The van der Waals surface area contributed by atoms with E-state index in [4.69, 9.17) is 0 Å². The van der Waals surface area contributed by atoms with Crippen LogP contribution in [0, 0.1) is 107 Å². The lowest BCUT2D eigenvalue weighted by Crippen LogP contribution is -2.29. The van der Waals surface area contributed by atoms with Crippen LogP contribution in [0.1, 0.15) is 252 Å². The second-order valence-corrected chi connectivity index (χ2v) is 26.4.